The highest BCUT2D eigenvalue weighted by Crippen LogP contribution is 2.26. The molecule has 2 N–H and O–H groups in total. The van der Waals surface area contributed by atoms with Crippen LogP contribution in [0.3, 0.4) is 0 Å². The van der Waals surface area contributed by atoms with Crippen molar-refractivity contribution >= 4 is 56.4 Å². The average molecular weight is 460 g/mol. The van der Waals surface area contributed by atoms with Gasteiger partial charge in [0.25, 0.3) is 5.91 Å². The third-order valence-corrected chi connectivity index (χ3v) is 6.30. The van der Waals surface area contributed by atoms with Gasteiger partial charge in [-0.1, -0.05) is 34.8 Å². The van der Waals surface area contributed by atoms with Crippen molar-refractivity contribution in [2.45, 2.75) is 11.4 Å². The standard InChI is InChI=1S/C18H13Cl3N2O4S/c19-14-6-4-12(9-16(14)21)23-18(24)11-3-5-15(20)17(8-11)28(25,26)22-10-13-2-1-7-27-13/h1-9,22H,10H2,(H,23,24). The summed E-state index contributed by atoms with van der Waals surface area (Å²) in [4.78, 5) is 12.3. The van der Waals surface area contributed by atoms with E-state index in [1.54, 1.807) is 18.2 Å². The summed E-state index contributed by atoms with van der Waals surface area (Å²) < 4.78 is 32.6. The molecule has 0 aliphatic carbocycles. The molecule has 0 unspecified atom stereocenters. The number of anilines is 1. The summed E-state index contributed by atoms with van der Waals surface area (Å²) in [6.07, 6.45) is 1.44. The van der Waals surface area contributed by atoms with E-state index in [0.717, 1.165) is 0 Å². The largest absolute Gasteiger partial charge is 0.468 e. The number of furan rings is 1. The Hall–Kier alpha value is -2.03. The summed E-state index contributed by atoms with van der Waals surface area (Å²) in [5, 5.41) is 3.24. The van der Waals surface area contributed by atoms with Crippen LogP contribution in [0.5, 0.6) is 0 Å². The molecule has 3 aromatic rings. The number of halogens is 3. The molecule has 10 heteroatoms. The number of hydrogen-bond donors (Lipinski definition) is 2. The molecule has 3 rings (SSSR count). The molecule has 0 aliphatic heterocycles. The van der Waals surface area contributed by atoms with Gasteiger partial charge in [0.1, 0.15) is 10.7 Å². The Balaban J connectivity index is 1.81. The molecule has 2 aromatic carbocycles. The van der Waals surface area contributed by atoms with Gasteiger partial charge < -0.3 is 9.73 Å². The number of amides is 1. The molecule has 1 amide bonds. The minimum atomic E-state index is -3.97. The van der Waals surface area contributed by atoms with E-state index >= 15 is 0 Å². The first-order chi connectivity index (χ1) is 13.3. The van der Waals surface area contributed by atoms with Gasteiger partial charge >= 0.3 is 0 Å². The van der Waals surface area contributed by atoms with Gasteiger partial charge in [0.05, 0.1) is 27.9 Å². The summed E-state index contributed by atoms with van der Waals surface area (Å²) >= 11 is 17.8. The van der Waals surface area contributed by atoms with E-state index in [4.69, 9.17) is 39.2 Å². The van der Waals surface area contributed by atoms with Gasteiger partial charge in [-0.15, -0.1) is 0 Å². The number of hydrogen-bond acceptors (Lipinski definition) is 4. The van der Waals surface area contributed by atoms with Crippen molar-refractivity contribution in [3.8, 4) is 0 Å². The molecular formula is C18H13Cl3N2O4S. The summed E-state index contributed by atoms with van der Waals surface area (Å²) in [6.45, 7) is -0.0502. The van der Waals surface area contributed by atoms with Crippen molar-refractivity contribution in [2.24, 2.45) is 0 Å². The molecule has 0 bridgehead atoms. The van der Waals surface area contributed by atoms with Crippen molar-refractivity contribution < 1.29 is 17.6 Å². The van der Waals surface area contributed by atoms with Gasteiger partial charge in [0.15, 0.2) is 0 Å². The van der Waals surface area contributed by atoms with Crippen LogP contribution in [-0.2, 0) is 16.6 Å². The summed E-state index contributed by atoms with van der Waals surface area (Å²) in [6, 6.07) is 11.8. The normalized spacial score (nSPS) is 11.4. The van der Waals surface area contributed by atoms with Gasteiger partial charge in [-0.2, -0.15) is 0 Å². The van der Waals surface area contributed by atoms with E-state index < -0.39 is 15.9 Å². The Morgan fingerprint density at radius 3 is 2.39 bits per heavy atom. The Morgan fingerprint density at radius 1 is 0.964 bits per heavy atom. The highest BCUT2D eigenvalue weighted by Gasteiger charge is 2.20. The van der Waals surface area contributed by atoms with Crippen LogP contribution in [0.4, 0.5) is 5.69 Å². The first-order valence-electron chi connectivity index (χ1n) is 7.84. The maximum absolute atomic E-state index is 12.6. The molecule has 0 aliphatic rings. The molecule has 0 spiro atoms. The van der Waals surface area contributed by atoms with Crippen molar-refractivity contribution in [3.05, 3.63) is 81.2 Å². The third kappa shape index (κ3) is 4.87. The highest BCUT2D eigenvalue weighted by molar-refractivity contribution is 7.89. The zero-order valence-electron chi connectivity index (χ0n) is 14.1. The molecule has 146 valence electrons. The van der Waals surface area contributed by atoms with Crippen molar-refractivity contribution in [1.82, 2.24) is 4.72 Å². The summed E-state index contributed by atoms with van der Waals surface area (Å²) in [5.74, 6) is -0.0919. The van der Waals surface area contributed by atoms with Crippen molar-refractivity contribution in [1.29, 1.82) is 0 Å². The Bertz CT molecular complexity index is 1120. The zero-order chi connectivity index (χ0) is 20.3. The quantitative estimate of drug-likeness (QED) is 0.545. The van der Waals surface area contributed by atoms with Crippen LogP contribution in [0.1, 0.15) is 16.1 Å². The Labute approximate surface area is 176 Å². The molecule has 0 saturated carbocycles. The molecule has 1 heterocycles. The minimum absolute atomic E-state index is 0.0157. The smallest absolute Gasteiger partial charge is 0.255 e. The SMILES string of the molecule is O=C(Nc1ccc(Cl)c(Cl)c1)c1ccc(Cl)c(S(=O)(=O)NCc2ccco2)c1. The van der Waals surface area contributed by atoms with E-state index in [9.17, 15) is 13.2 Å². The fraction of sp³-hybridized carbons (Fsp3) is 0.0556. The first kappa shape index (κ1) is 20.7. The lowest BCUT2D eigenvalue weighted by molar-refractivity contribution is 0.102. The number of carbonyl (C=O) groups is 1. The minimum Gasteiger partial charge on any atom is -0.468 e. The van der Waals surface area contributed by atoms with Crippen LogP contribution in [0.15, 0.2) is 64.1 Å². The van der Waals surface area contributed by atoms with Gasteiger partial charge in [-0.05, 0) is 48.5 Å². The van der Waals surface area contributed by atoms with Gasteiger partial charge in [0.2, 0.25) is 10.0 Å². The molecule has 0 saturated heterocycles. The first-order valence-corrected chi connectivity index (χ1v) is 10.5. The van der Waals surface area contributed by atoms with Crippen molar-refractivity contribution in [3.63, 3.8) is 0 Å². The highest BCUT2D eigenvalue weighted by atomic mass is 35.5. The second-order valence-electron chi connectivity index (χ2n) is 5.63. The number of sulfonamides is 1. The molecule has 1 aromatic heterocycles. The number of nitrogens with one attached hydrogen (secondary N) is 2. The van der Waals surface area contributed by atoms with Crippen LogP contribution >= 0.6 is 34.8 Å². The second-order valence-corrected chi connectivity index (χ2v) is 8.59. The summed E-state index contributed by atoms with van der Waals surface area (Å²) in [7, 11) is -3.97. The van der Waals surface area contributed by atoms with Gasteiger partial charge in [-0.3, -0.25) is 4.79 Å². The van der Waals surface area contributed by atoms with Gasteiger partial charge in [0, 0.05) is 11.3 Å². The van der Waals surface area contributed by atoms with Crippen LogP contribution in [0, 0.1) is 0 Å². The molecule has 0 radical (unpaired) electrons. The van der Waals surface area contributed by atoms with Crippen LogP contribution < -0.4 is 10.0 Å². The predicted molar refractivity (Wildman–Crippen MR) is 109 cm³/mol. The number of benzene rings is 2. The van der Waals surface area contributed by atoms with E-state index in [1.807, 2.05) is 0 Å². The molecule has 6 nitrogen and oxygen atoms in total. The Kier molecular flexibility index (Phi) is 6.32. The third-order valence-electron chi connectivity index (χ3n) is 3.68. The summed E-state index contributed by atoms with van der Waals surface area (Å²) in [5.41, 5.74) is 0.517. The Morgan fingerprint density at radius 2 is 1.71 bits per heavy atom. The number of rotatable bonds is 6. The zero-order valence-corrected chi connectivity index (χ0v) is 17.2. The van der Waals surface area contributed by atoms with E-state index in [0.29, 0.717) is 16.5 Å². The average Bonchev–Trinajstić information content (AvgIpc) is 3.17. The van der Waals surface area contributed by atoms with Crippen LogP contribution in [0.2, 0.25) is 15.1 Å². The number of carbonyl (C=O) groups excluding carboxylic acids is 1. The maximum atomic E-state index is 12.6. The van der Waals surface area contributed by atoms with Gasteiger partial charge in [-0.25, -0.2) is 13.1 Å². The molecule has 0 atom stereocenters. The topological polar surface area (TPSA) is 88.4 Å². The van der Waals surface area contributed by atoms with E-state index in [1.165, 1.54) is 36.6 Å². The maximum Gasteiger partial charge on any atom is 0.255 e. The van der Waals surface area contributed by atoms with Crippen LogP contribution in [-0.4, -0.2) is 14.3 Å². The van der Waals surface area contributed by atoms with Crippen molar-refractivity contribution in [2.75, 3.05) is 5.32 Å². The predicted octanol–water partition coefficient (Wildman–Crippen LogP) is 4.97. The fourth-order valence-electron chi connectivity index (χ4n) is 2.28. The monoisotopic (exact) mass is 458 g/mol. The lowest BCUT2D eigenvalue weighted by Gasteiger charge is -2.10. The molecular weight excluding hydrogens is 447 g/mol. The lowest BCUT2D eigenvalue weighted by atomic mass is 10.2. The second kappa shape index (κ2) is 8.55. The fourth-order valence-corrected chi connectivity index (χ4v) is 4.10. The van der Waals surface area contributed by atoms with E-state index in [-0.39, 0.29) is 27.0 Å². The molecule has 28 heavy (non-hydrogen) atoms. The van der Waals surface area contributed by atoms with Crippen LogP contribution in [0.25, 0.3) is 0 Å². The molecule has 0 fully saturated rings. The van der Waals surface area contributed by atoms with E-state index in [2.05, 4.69) is 10.0 Å². The lowest BCUT2D eigenvalue weighted by Crippen LogP contribution is -2.24.